The Morgan fingerprint density at radius 2 is 2.00 bits per heavy atom. The molecular formula is C16H19N3O4S. The number of benzene rings is 1. The lowest BCUT2D eigenvalue weighted by Crippen LogP contribution is -2.38. The van der Waals surface area contributed by atoms with Gasteiger partial charge in [-0.1, -0.05) is 12.1 Å². The van der Waals surface area contributed by atoms with Crippen molar-refractivity contribution in [1.82, 2.24) is 10.3 Å². The third-order valence-corrected chi connectivity index (χ3v) is 4.46. The maximum absolute atomic E-state index is 12.1. The molecular weight excluding hydrogens is 330 g/mol. The number of ether oxygens (including phenoxy) is 1. The molecule has 1 amide bonds. The molecule has 0 saturated carbocycles. The third-order valence-electron chi connectivity index (χ3n) is 3.28. The lowest BCUT2D eigenvalue weighted by atomic mass is 10.2. The number of amides is 1. The number of carbonyl (C=O) groups is 1. The molecule has 0 unspecified atom stereocenters. The molecule has 0 spiro atoms. The Labute approximate surface area is 141 Å². The van der Waals surface area contributed by atoms with E-state index in [-0.39, 0.29) is 19.0 Å². The van der Waals surface area contributed by atoms with Crippen molar-refractivity contribution >= 4 is 21.6 Å². The highest BCUT2D eigenvalue weighted by molar-refractivity contribution is 7.92. The molecule has 2 aromatic rings. The van der Waals surface area contributed by atoms with Gasteiger partial charge in [-0.3, -0.25) is 14.1 Å². The summed E-state index contributed by atoms with van der Waals surface area (Å²) in [5.74, 6) is 0.137. The summed E-state index contributed by atoms with van der Waals surface area (Å²) in [5.41, 5.74) is 0.846. The van der Waals surface area contributed by atoms with Gasteiger partial charge < -0.3 is 10.1 Å². The number of methoxy groups -OCH3 is 1. The standard InChI is InChI=1S/C16H19N3O4S/c1-23-15-8-4-3-7-14(15)19(24(2,21)22)11-10-18-16(20)13-6-5-9-17-12-13/h3-9,12H,10-11H2,1-2H3,(H,18,20). The van der Waals surface area contributed by atoms with Gasteiger partial charge in [-0.25, -0.2) is 8.42 Å². The number of hydrogen-bond acceptors (Lipinski definition) is 5. The number of rotatable bonds is 7. The van der Waals surface area contributed by atoms with Crippen molar-refractivity contribution in [3.05, 3.63) is 54.4 Å². The fourth-order valence-corrected chi connectivity index (χ4v) is 3.10. The molecule has 0 aliphatic heterocycles. The summed E-state index contributed by atoms with van der Waals surface area (Å²) in [4.78, 5) is 15.9. The molecule has 0 fully saturated rings. The third kappa shape index (κ3) is 4.45. The number of nitrogens with zero attached hydrogens (tertiary/aromatic N) is 2. The smallest absolute Gasteiger partial charge is 0.252 e. The average molecular weight is 349 g/mol. The zero-order chi connectivity index (χ0) is 17.6. The first-order chi connectivity index (χ1) is 11.4. The summed E-state index contributed by atoms with van der Waals surface area (Å²) in [5, 5.41) is 2.68. The van der Waals surface area contributed by atoms with Gasteiger partial charge in [0.25, 0.3) is 5.91 Å². The lowest BCUT2D eigenvalue weighted by Gasteiger charge is -2.24. The first-order valence-electron chi connectivity index (χ1n) is 7.22. The quantitative estimate of drug-likeness (QED) is 0.814. The van der Waals surface area contributed by atoms with Crippen LogP contribution in [-0.4, -0.2) is 45.8 Å². The molecule has 2 rings (SSSR count). The van der Waals surface area contributed by atoms with Crippen LogP contribution < -0.4 is 14.4 Å². The van der Waals surface area contributed by atoms with E-state index in [9.17, 15) is 13.2 Å². The fourth-order valence-electron chi connectivity index (χ4n) is 2.17. The minimum Gasteiger partial charge on any atom is -0.495 e. The summed E-state index contributed by atoms with van der Waals surface area (Å²) in [7, 11) is -2.05. The van der Waals surface area contributed by atoms with E-state index < -0.39 is 10.0 Å². The molecule has 7 nitrogen and oxygen atoms in total. The molecule has 1 aromatic carbocycles. The van der Waals surface area contributed by atoms with Crippen LogP contribution in [0.3, 0.4) is 0 Å². The molecule has 1 N–H and O–H groups in total. The molecule has 128 valence electrons. The number of pyridine rings is 1. The van der Waals surface area contributed by atoms with Crippen molar-refractivity contribution in [1.29, 1.82) is 0 Å². The Morgan fingerprint density at radius 1 is 1.25 bits per heavy atom. The summed E-state index contributed by atoms with van der Waals surface area (Å²) < 4.78 is 30.6. The van der Waals surface area contributed by atoms with E-state index in [1.54, 1.807) is 42.6 Å². The minimum atomic E-state index is -3.52. The fraction of sp³-hybridized carbons (Fsp3) is 0.250. The number of sulfonamides is 1. The number of carbonyl (C=O) groups excluding carboxylic acids is 1. The highest BCUT2D eigenvalue weighted by Gasteiger charge is 2.20. The molecule has 0 aliphatic carbocycles. The summed E-state index contributed by atoms with van der Waals surface area (Å²) in [6, 6.07) is 10.1. The first kappa shape index (κ1) is 17.7. The van der Waals surface area contributed by atoms with Crippen LogP contribution in [0.4, 0.5) is 5.69 Å². The van der Waals surface area contributed by atoms with Gasteiger partial charge >= 0.3 is 0 Å². The van der Waals surface area contributed by atoms with Crippen molar-refractivity contribution in [2.45, 2.75) is 0 Å². The van der Waals surface area contributed by atoms with E-state index in [0.717, 1.165) is 6.26 Å². The van der Waals surface area contributed by atoms with Crippen LogP contribution in [0.1, 0.15) is 10.4 Å². The highest BCUT2D eigenvalue weighted by Crippen LogP contribution is 2.28. The number of nitrogens with one attached hydrogen (secondary N) is 1. The van der Waals surface area contributed by atoms with Crippen LogP contribution in [0.15, 0.2) is 48.8 Å². The van der Waals surface area contributed by atoms with Crippen LogP contribution >= 0.6 is 0 Å². The van der Waals surface area contributed by atoms with E-state index in [1.165, 1.54) is 17.6 Å². The second-order valence-electron chi connectivity index (χ2n) is 5.00. The van der Waals surface area contributed by atoms with Crippen LogP contribution in [0, 0.1) is 0 Å². The Bertz CT molecular complexity index is 794. The number of aromatic nitrogens is 1. The second kappa shape index (κ2) is 7.78. The summed E-state index contributed by atoms with van der Waals surface area (Å²) >= 11 is 0. The van der Waals surface area contributed by atoms with Crippen molar-refractivity contribution in [2.75, 3.05) is 30.8 Å². The van der Waals surface area contributed by atoms with E-state index in [4.69, 9.17) is 4.74 Å². The Morgan fingerprint density at radius 3 is 2.62 bits per heavy atom. The van der Waals surface area contributed by atoms with Crippen LogP contribution in [-0.2, 0) is 10.0 Å². The largest absolute Gasteiger partial charge is 0.495 e. The molecule has 0 aliphatic rings. The van der Waals surface area contributed by atoms with Gasteiger partial charge in [0.05, 0.1) is 31.2 Å². The molecule has 0 atom stereocenters. The predicted molar refractivity (Wildman–Crippen MR) is 91.8 cm³/mol. The monoisotopic (exact) mass is 349 g/mol. The van der Waals surface area contributed by atoms with Gasteiger partial charge in [-0.05, 0) is 24.3 Å². The average Bonchev–Trinajstić information content (AvgIpc) is 2.58. The van der Waals surface area contributed by atoms with Gasteiger partial charge in [-0.2, -0.15) is 0 Å². The van der Waals surface area contributed by atoms with Crippen molar-refractivity contribution in [3.63, 3.8) is 0 Å². The van der Waals surface area contributed by atoms with Crippen LogP contribution in [0.2, 0.25) is 0 Å². The summed E-state index contributed by atoms with van der Waals surface area (Å²) in [6.45, 7) is 0.240. The van der Waals surface area contributed by atoms with Crippen molar-refractivity contribution in [3.8, 4) is 5.75 Å². The molecule has 24 heavy (non-hydrogen) atoms. The maximum Gasteiger partial charge on any atom is 0.252 e. The first-order valence-corrected chi connectivity index (χ1v) is 9.07. The maximum atomic E-state index is 12.1. The molecule has 8 heteroatoms. The highest BCUT2D eigenvalue weighted by atomic mass is 32.2. The van der Waals surface area contributed by atoms with Crippen molar-refractivity contribution in [2.24, 2.45) is 0 Å². The topological polar surface area (TPSA) is 88.6 Å². The number of anilines is 1. The van der Waals surface area contributed by atoms with E-state index >= 15 is 0 Å². The second-order valence-corrected chi connectivity index (χ2v) is 6.91. The van der Waals surface area contributed by atoms with E-state index in [2.05, 4.69) is 10.3 Å². The Kier molecular flexibility index (Phi) is 5.75. The number of hydrogen-bond donors (Lipinski definition) is 1. The minimum absolute atomic E-state index is 0.0885. The van der Waals surface area contributed by atoms with Crippen molar-refractivity contribution < 1.29 is 17.9 Å². The Balaban J connectivity index is 2.10. The normalized spacial score (nSPS) is 10.9. The molecule has 1 heterocycles. The van der Waals surface area contributed by atoms with Gasteiger partial charge in [0, 0.05) is 18.9 Å². The zero-order valence-corrected chi connectivity index (χ0v) is 14.3. The molecule has 0 bridgehead atoms. The summed E-state index contributed by atoms with van der Waals surface area (Å²) in [6.07, 6.45) is 4.14. The lowest BCUT2D eigenvalue weighted by molar-refractivity contribution is 0.0954. The van der Waals surface area contributed by atoms with Gasteiger partial charge in [-0.15, -0.1) is 0 Å². The van der Waals surface area contributed by atoms with Crippen LogP contribution in [0.5, 0.6) is 5.75 Å². The number of para-hydroxylation sites is 2. The van der Waals surface area contributed by atoms with Gasteiger partial charge in [0.15, 0.2) is 0 Å². The van der Waals surface area contributed by atoms with Gasteiger partial charge in [0.1, 0.15) is 5.75 Å². The van der Waals surface area contributed by atoms with E-state index in [0.29, 0.717) is 17.0 Å². The van der Waals surface area contributed by atoms with E-state index in [1.807, 2.05) is 0 Å². The SMILES string of the molecule is COc1ccccc1N(CCNC(=O)c1cccnc1)S(C)(=O)=O. The molecule has 0 saturated heterocycles. The van der Waals surface area contributed by atoms with Crippen LogP contribution in [0.25, 0.3) is 0 Å². The van der Waals surface area contributed by atoms with Gasteiger partial charge in [0.2, 0.25) is 10.0 Å². The predicted octanol–water partition coefficient (Wildman–Crippen LogP) is 1.29. The molecule has 0 radical (unpaired) electrons. The molecule has 1 aromatic heterocycles. The zero-order valence-electron chi connectivity index (χ0n) is 13.5. The Hall–Kier alpha value is -2.61.